The molecule has 0 saturated carbocycles. The fraction of sp³-hybridized carbons (Fsp3) is 0.429. The lowest BCUT2D eigenvalue weighted by atomic mass is 9.93. The van der Waals surface area contributed by atoms with Crippen molar-refractivity contribution < 1.29 is 52.7 Å². The molecule has 0 bridgehead atoms. The molecule has 0 saturated heterocycles. The summed E-state index contributed by atoms with van der Waals surface area (Å²) in [4.78, 5) is 0. The smallest absolute Gasteiger partial charge is 0.170 e. The van der Waals surface area contributed by atoms with Crippen molar-refractivity contribution in [2.75, 3.05) is 0 Å². The zero-order chi connectivity index (χ0) is 25.8. The van der Waals surface area contributed by atoms with Crippen molar-refractivity contribution in [1.82, 2.24) is 0 Å². The first kappa shape index (κ1) is 26.6. The van der Waals surface area contributed by atoms with Crippen LogP contribution in [0.5, 0.6) is 0 Å². The van der Waals surface area contributed by atoms with Gasteiger partial charge in [0.15, 0.2) is 0 Å². The Hall–Kier alpha value is -1.97. The monoisotopic (exact) mass is 526 g/mol. The molecule has 3 aliphatic rings. The first-order valence-corrected chi connectivity index (χ1v) is 10.9. The topological polar surface area (TPSA) is 0 Å². The van der Waals surface area contributed by atoms with Gasteiger partial charge in [-0.2, -0.15) is 52.7 Å². The molecule has 0 fully saturated rings. The molecule has 0 aromatic rings. The van der Waals surface area contributed by atoms with Gasteiger partial charge in [-0.15, -0.1) is 0 Å². The van der Waals surface area contributed by atoms with Gasteiger partial charge in [-0.05, 0) is 32.5 Å². The van der Waals surface area contributed by atoms with Gasteiger partial charge in [-0.3, -0.25) is 0 Å². The van der Waals surface area contributed by atoms with Crippen molar-refractivity contribution in [3.8, 4) is 0 Å². The predicted molar refractivity (Wildman–Crippen MR) is 102 cm³/mol. The van der Waals surface area contributed by atoms with Crippen LogP contribution in [0.15, 0.2) is 71.1 Å². The van der Waals surface area contributed by atoms with E-state index in [0.29, 0.717) is 0 Å². The highest BCUT2D eigenvalue weighted by molar-refractivity contribution is 7.66. The number of rotatable bonds is 3. The lowest BCUT2D eigenvalue weighted by Gasteiger charge is -2.52. The van der Waals surface area contributed by atoms with Crippen molar-refractivity contribution in [1.29, 1.82) is 0 Å². The zero-order valence-corrected chi connectivity index (χ0v) is 17.7. The molecular weight excluding hydrogens is 511 g/mol. The number of hydrogen-bond donors (Lipinski definition) is 0. The summed E-state index contributed by atoms with van der Waals surface area (Å²) in [6.45, 7) is 0. The lowest BCUT2D eigenvalue weighted by Crippen LogP contribution is -2.53. The van der Waals surface area contributed by atoms with Gasteiger partial charge < -0.3 is 0 Å². The average molecular weight is 526 g/mol. The van der Waals surface area contributed by atoms with Gasteiger partial charge in [-0.25, -0.2) is 0 Å². The van der Waals surface area contributed by atoms with Gasteiger partial charge in [0.05, 0.1) is 11.1 Å². The Morgan fingerprint density at radius 2 is 1.06 bits per heavy atom. The third-order valence-electron chi connectivity index (χ3n) is 5.82. The lowest BCUT2D eigenvalue weighted by molar-refractivity contribution is -0.160. The summed E-state index contributed by atoms with van der Waals surface area (Å²) in [7, 11) is -3.50. The summed E-state index contributed by atoms with van der Waals surface area (Å²) in [6, 6.07) is 0. The van der Waals surface area contributed by atoms with Crippen LogP contribution in [0.1, 0.15) is 19.3 Å². The predicted octanol–water partition coefficient (Wildman–Crippen LogP) is 8.81. The van der Waals surface area contributed by atoms with Crippen molar-refractivity contribution in [3.05, 3.63) is 71.1 Å². The molecule has 188 valence electrons. The molecule has 0 spiro atoms. The second-order valence-electron chi connectivity index (χ2n) is 7.86. The molecular formula is C21H15F12P. The van der Waals surface area contributed by atoms with Gasteiger partial charge in [0.1, 0.15) is 10.3 Å². The molecule has 2 unspecified atom stereocenters. The van der Waals surface area contributed by atoms with E-state index in [1.807, 2.05) is 0 Å². The van der Waals surface area contributed by atoms with E-state index in [2.05, 4.69) is 0 Å². The Morgan fingerprint density at radius 1 is 0.647 bits per heavy atom. The fourth-order valence-electron chi connectivity index (χ4n) is 4.15. The van der Waals surface area contributed by atoms with Crippen LogP contribution in [-0.2, 0) is 0 Å². The molecule has 3 rings (SSSR count). The maximum absolute atomic E-state index is 14.5. The van der Waals surface area contributed by atoms with Crippen LogP contribution < -0.4 is 0 Å². The first-order chi connectivity index (χ1) is 15.4. The van der Waals surface area contributed by atoms with Gasteiger partial charge in [0, 0.05) is 0 Å². The van der Waals surface area contributed by atoms with Crippen molar-refractivity contribution in [3.63, 3.8) is 0 Å². The van der Waals surface area contributed by atoms with Gasteiger partial charge >= 0.3 is 24.7 Å². The first-order valence-electron chi connectivity index (χ1n) is 9.58. The summed E-state index contributed by atoms with van der Waals surface area (Å²) < 4.78 is 165. The van der Waals surface area contributed by atoms with E-state index in [1.54, 1.807) is 0 Å². The van der Waals surface area contributed by atoms with Crippen LogP contribution >= 0.6 is 7.92 Å². The van der Waals surface area contributed by atoms with E-state index < -0.39 is 66.9 Å². The van der Waals surface area contributed by atoms with Crippen molar-refractivity contribution >= 4 is 7.92 Å². The summed E-state index contributed by atoms with van der Waals surface area (Å²) in [5.74, 6) is 0. The molecule has 2 atom stereocenters. The molecule has 0 amide bonds. The largest absolute Gasteiger partial charge is 0.416 e. The van der Waals surface area contributed by atoms with Crippen LogP contribution in [-0.4, -0.2) is 35.0 Å². The minimum Gasteiger partial charge on any atom is -0.170 e. The molecule has 0 radical (unpaired) electrons. The molecule has 0 heterocycles. The Labute approximate surface area is 186 Å². The van der Waals surface area contributed by atoms with Gasteiger partial charge in [0.2, 0.25) is 0 Å². The molecule has 34 heavy (non-hydrogen) atoms. The SMILES string of the molecule is FC(F)(F)C1=CCC(P(C2=CC=CC2)C2(C(F)(F)F)C=CC(C(F)(F)F)=CC2)(C(F)(F)F)C=C1. The summed E-state index contributed by atoms with van der Waals surface area (Å²) in [5, 5.41) is -7.11. The van der Waals surface area contributed by atoms with E-state index in [0.717, 1.165) is 6.08 Å². The van der Waals surface area contributed by atoms with E-state index in [9.17, 15) is 52.7 Å². The van der Waals surface area contributed by atoms with Crippen LogP contribution in [0, 0.1) is 0 Å². The summed E-state index contributed by atoms with van der Waals surface area (Å²) in [6.07, 6.45) is -19.8. The number of hydrogen-bond acceptors (Lipinski definition) is 0. The third kappa shape index (κ3) is 4.50. The quantitative estimate of drug-likeness (QED) is 0.255. The van der Waals surface area contributed by atoms with E-state index >= 15 is 0 Å². The summed E-state index contributed by atoms with van der Waals surface area (Å²) in [5.41, 5.74) is -2.89. The maximum Gasteiger partial charge on any atom is 0.416 e. The Balaban J connectivity index is 2.25. The standard InChI is InChI=1S/C21H15F12P/c22-18(23,24)13-5-9-16(10-6-13,20(28,29)30)34(15-3-1-2-4-15)17(21(31,32)33)11-7-14(8-12-17)19(25,26)27/h1-3,5-9,11H,4,10,12H2. The van der Waals surface area contributed by atoms with Crippen LogP contribution in [0.25, 0.3) is 0 Å². The van der Waals surface area contributed by atoms with Crippen LogP contribution in [0.2, 0.25) is 0 Å². The van der Waals surface area contributed by atoms with E-state index in [1.165, 1.54) is 12.2 Å². The second kappa shape index (κ2) is 8.31. The van der Waals surface area contributed by atoms with Crippen LogP contribution in [0.4, 0.5) is 52.7 Å². The van der Waals surface area contributed by atoms with Crippen molar-refractivity contribution in [2.24, 2.45) is 0 Å². The highest BCUT2D eigenvalue weighted by Gasteiger charge is 2.70. The molecule has 0 aromatic heterocycles. The van der Waals surface area contributed by atoms with Crippen LogP contribution in [0.3, 0.4) is 0 Å². The van der Waals surface area contributed by atoms with Gasteiger partial charge in [-0.1, -0.05) is 54.7 Å². The molecule has 0 N–H and O–H groups in total. The second-order valence-corrected chi connectivity index (χ2v) is 10.7. The van der Waals surface area contributed by atoms with E-state index in [-0.39, 0.29) is 48.2 Å². The van der Waals surface area contributed by atoms with E-state index in [4.69, 9.17) is 0 Å². The Kier molecular flexibility index (Phi) is 6.51. The fourth-order valence-corrected chi connectivity index (χ4v) is 7.92. The molecule has 0 aliphatic heterocycles. The number of alkyl halides is 12. The Morgan fingerprint density at radius 3 is 1.29 bits per heavy atom. The highest BCUT2D eigenvalue weighted by atomic mass is 31.1. The van der Waals surface area contributed by atoms with Crippen molar-refractivity contribution in [2.45, 2.75) is 54.3 Å². The highest BCUT2D eigenvalue weighted by Crippen LogP contribution is 2.77. The minimum absolute atomic E-state index is 0.100. The van der Waals surface area contributed by atoms with Gasteiger partial charge in [0.25, 0.3) is 0 Å². The normalized spacial score (nSPS) is 29.1. The molecule has 3 aliphatic carbocycles. The molecule has 0 aromatic carbocycles. The number of allylic oxidation sites excluding steroid dienone is 12. The number of halogens is 12. The average Bonchev–Trinajstić information content (AvgIpc) is 3.20. The maximum atomic E-state index is 14.5. The minimum atomic E-state index is -5.44. The third-order valence-corrected chi connectivity index (χ3v) is 9.49. The Bertz CT molecular complexity index is 931. The molecule has 0 nitrogen and oxygen atoms in total. The summed E-state index contributed by atoms with van der Waals surface area (Å²) >= 11 is 0. The zero-order valence-electron chi connectivity index (χ0n) is 16.8. The molecule has 13 heteroatoms.